The van der Waals surface area contributed by atoms with Crippen molar-refractivity contribution >= 4 is 49.8 Å². The van der Waals surface area contributed by atoms with Gasteiger partial charge in [-0.2, -0.15) is 0 Å². The molecule has 0 saturated heterocycles. The molecule has 0 spiro atoms. The molecule has 0 radical (unpaired) electrons. The maximum absolute atomic E-state index is 6.50. The van der Waals surface area contributed by atoms with E-state index in [-0.39, 0.29) is 0 Å². The molecule has 0 fully saturated rings. The maximum atomic E-state index is 6.50. The molecule has 1 heterocycles. The van der Waals surface area contributed by atoms with Crippen LogP contribution in [0.25, 0.3) is 43.8 Å². The minimum atomic E-state index is 0.884. The summed E-state index contributed by atoms with van der Waals surface area (Å²) in [7, 11) is 0. The summed E-state index contributed by atoms with van der Waals surface area (Å²) < 4.78 is 6.50. The zero-order valence-electron chi connectivity index (χ0n) is 19.6. The van der Waals surface area contributed by atoms with Crippen molar-refractivity contribution in [3.05, 3.63) is 140 Å². The monoisotopic (exact) mass is 461 g/mol. The molecule has 0 saturated carbocycles. The van der Waals surface area contributed by atoms with E-state index in [1.807, 2.05) is 12.1 Å². The van der Waals surface area contributed by atoms with E-state index in [2.05, 4.69) is 132 Å². The topological polar surface area (TPSA) is 16.4 Å². The van der Waals surface area contributed by atoms with E-state index in [0.29, 0.717) is 0 Å². The van der Waals surface area contributed by atoms with Crippen molar-refractivity contribution in [1.82, 2.24) is 0 Å². The standard InChI is InChI=1S/C34H23NO/c1-3-12-24(13-4-1)30-22-25-14-7-8-15-26(25)23-32(30)35(27-16-5-2-6-17-27)31-20-11-19-29-28-18-9-10-21-33(28)36-34(29)31/h1-23H. The highest BCUT2D eigenvalue weighted by Crippen LogP contribution is 2.46. The second-order valence-corrected chi connectivity index (χ2v) is 9.01. The van der Waals surface area contributed by atoms with E-state index in [0.717, 1.165) is 39.0 Å². The molecular formula is C34H23NO. The summed E-state index contributed by atoms with van der Waals surface area (Å²) in [5.74, 6) is 0. The predicted octanol–water partition coefficient (Wildman–Crippen LogP) is 9.88. The average Bonchev–Trinajstić information content (AvgIpc) is 3.33. The van der Waals surface area contributed by atoms with Gasteiger partial charge in [-0.3, -0.25) is 0 Å². The number of fused-ring (bicyclic) bond motifs is 4. The Kier molecular flexibility index (Phi) is 4.82. The van der Waals surface area contributed by atoms with Crippen molar-refractivity contribution in [1.29, 1.82) is 0 Å². The van der Waals surface area contributed by atoms with Crippen molar-refractivity contribution in [2.24, 2.45) is 0 Å². The molecule has 7 rings (SSSR count). The molecular weight excluding hydrogens is 438 g/mol. The van der Waals surface area contributed by atoms with E-state index in [9.17, 15) is 0 Å². The molecule has 2 nitrogen and oxygen atoms in total. The maximum Gasteiger partial charge on any atom is 0.159 e. The molecule has 0 aliphatic carbocycles. The number of rotatable bonds is 4. The fourth-order valence-electron chi connectivity index (χ4n) is 5.16. The zero-order chi connectivity index (χ0) is 23.9. The van der Waals surface area contributed by atoms with Gasteiger partial charge in [0.2, 0.25) is 0 Å². The number of hydrogen-bond donors (Lipinski definition) is 0. The summed E-state index contributed by atoms with van der Waals surface area (Å²) >= 11 is 0. The molecule has 0 bridgehead atoms. The van der Waals surface area contributed by atoms with Gasteiger partial charge in [-0.25, -0.2) is 0 Å². The Morgan fingerprint density at radius 3 is 1.92 bits per heavy atom. The van der Waals surface area contributed by atoms with Crippen LogP contribution in [-0.2, 0) is 0 Å². The third kappa shape index (κ3) is 3.35. The minimum absolute atomic E-state index is 0.884. The van der Waals surface area contributed by atoms with Crippen LogP contribution in [0.5, 0.6) is 0 Å². The third-order valence-corrected chi connectivity index (χ3v) is 6.83. The van der Waals surface area contributed by atoms with Crippen LogP contribution in [0.15, 0.2) is 144 Å². The van der Waals surface area contributed by atoms with Crippen molar-refractivity contribution in [3.63, 3.8) is 0 Å². The van der Waals surface area contributed by atoms with Crippen LogP contribution in [-0.4, -0.2) is 0 Å². The molecule has 1 aromatic heterocycles. The number of furan rings is 1. The summed E-state index contributed by atoms with van der Waals surface area (Å²) in [6, 6.07) is 49.0. The quantitative estimate of drug-likeness (QED) is 0.259. The summed E-state index contributed by atoms with van der Waals surface area (Å²) in [5, 5.41) is 4.66. The van der Waals surface area contributed by atoms with E-state index < -0.39 is 0 Å². The Labute approximate surface area is 209 Å². The van der Waals surface area contributed by atoms with Crippen LogP contribution in [0, 0.1) is 0 Å². The molecule has 0 amide bonds. The lowest BCUT2D eigenvalue weighted by molar-refractivity contribution is 0.669. The van der Waals surface area contributed by atoms with Crippen molar-refractivity contribution in [3.8, 4) is 11.1 Å². The van der Waals surface area contributed by atoms with Crippen LogP contribution in [0.3, 0.4) is 0 Å². The van der Waals surface area contributed by atoms with Crippen molar-refractivity contribution in [2.45, 2.75) is 0 Å². The van der Waals surface area contributed by atoms with Crippen molar-refractivity contribution in [2.75, 3.05) is 4.90 Å². The molecule has 0 aliphatic heterocycles. The average molecular weight is 462 g/mol. The second kappa shape index (κ2) is 8.44. The van der Waals surface area contributed by atoms with E-state index in [1.165, 1.54) is 21.9 Å². The highest BCUT2D eigenvalue weighted by Gasteiger charge is 2.22. The smallest absolute Gasteiger partial charge is 0.159 e. The van der Waals surface area contributed by atoms with Gasteiger partial charge in [0.05, 0.1) is 11.4 Å². The van der Waals surface area contributed by atoms with Crippen LogP contribution in [0.2, 0.25) is 0 Å². The summed E-state index contributed by atoms with van der Waals surface area (Å²) in [5.41, 5.74) is 7.34. The van der Waals surface area contributed by atoms with Crippen LogP contribution in [0.4, 0.5) is 17.1 Å². The second-order valence-electron chi connectivity index (χ2n) is 9.01. The molecule has 170 valence electrons. The van der Waals surface area contributed by atoms with Gasteiger partial charge in [-0.1, -0.05) is 103 Å². The number of nitrogens with zero attached hydrogens (tertiary/aromatic N) is 1. The zero-order valence-corrected chi connectivity index (χ0v) is 19.6. The third-order valence-electron chi connectivity index (χ3n) is 6.83. The summed E-state index contributed by atoms with van der Waals surface area (Å²) in [6.45, 7) is 0. The first-order chi connectivity index (χ1) is 17.9. The molecule has 2 heteroatoms. The molecule has 0 atom stereocenters. The van der Waals surface area contributed by atoms with Crippen molar-refractivity contribution < 1.29 is 4.42 Å². The molecule has 0 unspecified atom stereocenters. The van der Waals surface area contributed by atoms with E-state index >= 15 is 0 Å². The lowest BCUT2D eigenvalue weighted by Gasteiger charge is -2.28. The Morgan fingerprint density at radius 1 is 0.472 bits per heavy atom. The van der Waals surface area contributed by atoms with Crippen LogP contribution >= 0.6 is 0 Å². The first-order valence-electron chi connectivity index (χ1n) is 12.2. The highest BCUT2D eigenvalue weighted by molar-refractivity contribution is 6.11. The first-order valence-corrected chi connectivity index (χ1v) is 12.2. The Bertz CT molecular complexity index is 1830. The van der Waals surface area contributed by atoms with Gasteiger partial charge >= 0.3 is 0 Å². The Morgan fingerprint density at radius 2 is 1.11 bits per heavy atom. The van der Waals surface area contributed by atoms with E-state index in [4.69, 9.17) is 4.42 Å². The Balaban J connectivity index is 1.59. The fraction of sp³-hybridized carbons (Fsp3) is 0. The lowest BCUT2D eigenvalue weighted by Crippen LogP contribution is -2.11. The number of benzene rings is 6. The fourth-order valence-corrected chi connectivity index (χ4v) is 5.16. The molecule has 7 aromatic rings. The number of anilines is 3. The molecule has 36 heavy (non-hydrogen) atoms. The van der Waals surface area contributed by atoms with Gasteiger partial charge in [-0.05, 0) is 52.7 Å². The van der Waals surface area contributed by atoms with Gasteiger partial charge in [0.15, 0.2) is 5.58 Å². The molecule has 6 aromatic carbocycles. The normalized spacial score (nSPS) is 11.3. The van der Waals surface area contributed by atoms with Crippen LogP contribution < -0.4 is 4.90 Å². The van der Waals surface area contributed by atoms with E-state index in [1.54, 1.807) is 0 Å². The SMILES string of the molecule is c1ccc(-c2cc3ccccc3cc2N(c2ccccc2)c2cccc3c2oc2ccccc23)cc1. The number of para-hydroxylation sites is 3. The van der Waals surface area contributed by atoms with Gasteiger partial charge in [0, 0.05) is 22.0 Å². The summed E-state index contributed by atoms with van der Waals surface area (Å²) in [4.78, 5) is 2.33. The first kappa shape index (κ1) is 20.5. The number of hydrogen-bond acceptors (Lipinski definition) is 2. The van der Waals surface area contributed by atoms with Gasteiger partial charge in [0.1, 0.15) is 5.58 Å². The lowest BCUT2D eigenvalue weighted by atomic mass is 9.97. The Hall–Kier alpha value is -4.82. The largest absolute Gasteiger partial charge is 0.454 e. The summed E-state index contributed by atoms with van der Waals surface area (Å²) in [6.07, 6.45) is 0. The predicted molar refractivity (Wildman–Crippen MR) is 151 cm³/mol. The molecule has 0 aliphatic rings. The highest BCUT2D eigenvalue weighted by atomic mass is 16.3. The van der Waals surface area contributed by atoms with Gasteiger partial charge in [0.25, 0.3) is 0 Å². The van der Waals surface area contributed by atoms with Gasteiger partial charge < -0.3 is 9.32 Å². The van der Waals surface area contributed by atoms with Gasteiger partial charge in [-0.15, -0.1) is 0 Å². The molecule has 0 N–H and O–H groups in total. The van der Waals surface area contributed by atoms with Crippen LogP contribution in [0.1, 0.15) is 0 Å². The minimum Gasteiger partial charge on any atom is -0.454 e.